The van der Waals surface area contributed by atoms with Gasteiger partial charge in [-0.1, -0.05) is 11.8 Å². The molecule has 7 nitrogen and oxygen atoms in total. The van der Waals surface area contributed by atoms with E-state index in [1.807, 2.05) is 0 Å². The first-order chi connectivity index (χ1) is 12.8. The van der Waals surface area contributed by atoms with Crippen molar-refractivity contribution >= 4 is 11.8 Å². The van der Waals surface area contributed by atoms with Crippen molar-refractivity contribution in [3.8, 4) is 23.7 Å². The average Bonchev–Trinajstić information content (AvgIpc) is 3.40. The molecule has 7 heteroatoms. The monoisotopic (exact) mass is 369 g/mol. The molecule has 2 rings (SSSR count). The molecule has 0 spiro atoms. The van der Waals surface area contributed by atoms with Gasteiger partial charge >= 0.3 is 0 Å². The van der Waals surface area contributed by atoms with E-state index in [1.54, 1.807) is 38.1 Å². The summed E-state index contributed by atoms with van der Waals surface area (Å²) >= 11 is 0. The predicted molar refractivity (Wildman–Crippen MR) is 99.2 cm³/mol. The molecule has 1 fully saturated rings. The van der Waals surface area contributed by atoms with E-state index in [0.717, 1.165) is 6.42 Å². The summed E-state index contributed by atoms with van der Waals surface area (Å²) in [6, 6.07) is 5.40. The lowest BCUT2D eigenvalue weighted by molar-refractivity contribution is -0.132. The van der Waals surface area contributed by atoms with Crippen LogP contribution in [-0.4, -0.2) is 40.3 Å². The highest BCUT2D eigenvalue weighted by atomic mass is 16.5. The highest BCUT2D eigenvalue weighted by Crippen LogP contribution is 2.36. The summed E-state index contributed by atoms with van der Waals surface area (Å²) < 4.78 is 0. The van der Waals surface area contributed by atoms with Crippen LogP contribution < -0.4 is 16.5 Å². The van der Waals surface area contributed by atoms with E-state index in [4.69, 9.17) is 16.0 Å². The molecule has 0 heterocycles. The van der Waals surface area contributed by atoms with E-state index in [9.17, 15) is 9.59 Å². The standard InChI is InChI=1S/C20H23N3O4/c1-20(2,21)17(19(26)23-27)22-18(25)14-9-7-13(8-10-14)5-3-4-6-15-11-16(15)12-24/h7-10,15-17,24,27H,11-12,21H2,1-2H3,(H,22,25)(H,23,26)/t15?,16?,17-/m1/s1. The van der Waals surface area contributed by atoms with Gasteiger partial charge in [0.05, 0.1) is 0 Å². The Morgan fingerprint density at radius 1 is 1.30 bits per heavy atom. The summed E-state index contributed by atoms with van der Waals surface area (Å²) in [5.41, 5.74) is 7.35. The molecule has 27 heavy (non-hydrogen) atoms. The Morgan fingerprint density at radius 3 is 2.48 bits per heavy atom. The van der Waals surface area contributed by atoms with Crippen molar-refractivity contribution in [3.05, 3.63) is 35.4 Å². The van der Waals surface area contributed by atoms with E-state index in [-0.39, 0.29) is 18.4 Å². The van der Waals surface area contributed by atoms with Gasteiger partial charge < -0.3 is 16.2 Å². The number of aliphatic hydroxyl groups is 1. The second-order valence-corrected chi connectivity index (χ2v) is 7.09. The molecule has 0 bridgehead atoms. The van der Waals surface area contributed by atoms with E-state index >= 15 is 0 Å². The fourth-order valence-electron chi connectivity index (χ4n) is 2.43. The van der Waals surface area contributed by atoms with Crippen molar-refractivity contribution in [1.29, 1.82) is 0 Å². The second kappa shape index (κ2) is 8.70. The molecule has 1 aromatic carbocycles. The smallest absolute Gasteiger partial charge is 0.267 e. The summed E-state index contributed by atoms with van der Waals surface area (Å²) in [5.74, 6) is 10.6. The normalized spacial score (nSPS) is 18.9. The number of rotatable bonds is 5. The lowest BCUT2D eigenvalue weighted by Crippen LogP contribution is -2.61. The number of amides is 2. The molecule has 0 aromatic heterocycles. The number of hydroxylamine groups is 1. The molecule has 142 valence electrons. The summed E-state index contributed by atoms with van der Waals surface area (Å²) in [6.45, 7) is 3.30. The molecule has 1 aliphatic carbocycles. The Hall–Kier alpha value is -2.84. The van der Waals surface area contributed by atoms with E-state index in [2.05, 4.69) is 29.0 Å². The molecule has 0 saturated heterocycles. The maximum atomic E-state index is 12.3. The largest absolute Gasteiger partial charge is 0.396 e. The zero-order valence-corrected chi connectivity index (χ0v) is 15.2. The fourth-order valence-corrected chi connectivity index (χ4v) is 2.43. The highest BCUT2D eigenvalue weighted by Gasteiger charge is 2.34. The van der Waals surface area contributed by atoms with Crippen LogP contribution in [0.2, 0.25) is 0 Å². The third-order valence-corrected chi connectivity index (χ3v) is 4.22. The summed E-state index contributed by atoms with van der Waals surface area (Å²) in [5, 5.41) is 20.3. The molecule has 6 N–H and O–H groups in total. The molecular formula is C20H23N3O4. The Labute approximate surface area is 158 Å². The number of nitrogens with one attached hydrogen (secondary N) is 2. The Kier molecular flexibility index (Phi) is 6.59. The minimum Gasteiger partial charge on any atom is -0.396 e. The minimum absolute atomic E-state index is 0.165. The lowest BCUT2D eigenvalue weighted by atomic mass is 9.95. The van der Waals surface area contributed by atoms with Gasteiger partial charge in [-0.3, -0.25) is 14.8 Å². The fraction of sp³-hybridized carbons (Fsp3) is 0.400. The van der Waals surface area contributed by atoms with Crippen LogP contribution in [0.3, 0.4) is 0 Å². The number of nitrogens with two attached hydrogens (primary N) is 1. The molecule has 3 atom stereocenters. The molecule has 1 aliphatic rings. The highest BCUT2D eigenvalue weighted by molar-refractivity contribution is 5.97. The zero-order valence-electron chi connectivity index (χ0n) is 15.2. The van der Waals surface area contributed by atoms with Crippen LogP contribution in [0.4, 0.5) is 0 Å². The van der Waals surface area contributed by atoms with Crippen LogP contribution in [-0.2, 0) is 4.79 Å². The maximum absolute atomic E-state index is 12.3. The molecule has 2 unspecified atom stereocenters. The van der Waals surface area contributed by atoms with Crippen LogP contribution in [0.5, 0.6) is 0 Å². The van der Waals surface area contributed by atoms with Crippen molar-refractivity contribution in [1.82, 2.24) is 10.8 Å². The van der Waals surface area contributed by atoms with Crippen LogP contribution in [0, 0.1) is 35.5 Å². The molecule has 2 amide bonds. The Bertz CT molecular complexity index is 819. The van der Waals surface area contributed by atoms with Gasteiger partial charge in [0.1, 0.15) is 6.04 Å². The molecule has 0 aliphatic heterocycles. The maximum Gasteiger partial charge on any atom is 0.267 e. The van der Waals surface area contributed by atoms with Crippen LogP contribution >= 0.6 is 0 Å². The lowest BCUT2D eigenvalue weighted by Gasteiger charge is -2.29. The van der Waals surface area contributed by atoms with Crippen LogP contribution in [0.1, 0.15) is 36.2 Å². The van der Waals surface area contributed by atoms with Crippen LogP contribution in [0.25, 0.3) is 0 Å². The molecule has 1 saturated carbocycles. The topological polar surface area (TPSA) is 125 Å². The average molecular weight is 369 g/mol. The summed E-state index contributed by atoms with van der Waals surface area (Å²) in [4.78, 5) is 24.0. The van der Waals surface area contributed by atoms with Gasteiger partial charge in [0.25, 0.3) is 11.8 Å². The van der Waals surface area contributed by atoms with Gasteiger partial charge in [-0.05, 0) is 62.3 Å². The van der Waals surface area contributed by atoms with Crippen molar-refractivity contribution < 1.29 is 19.9 Å². The van der Waals surface area contributed by atoms with Gasteiger partial charge in [-0.25, -0.2) is 5.48 Å². The van der Waals surface area contributed by atoms with E-state index < -0.39 is 23.4 Å². The third-order valence-electron chi connectivity index (χ3n) is 4.22. The first-order valence-electron chi connectivity index (χ1n) is 8.52. The van der Waals surface area contributed by atoms with Crippen molar-refractivity contribution in [2.75, 3.05) is 6.61 Å². The van der Waals surface area contributed by atoms with Crippen LogP contribution in [0.15, 0.2) is 24.3 Å². The number of carbonyl (C=O) groups excluding carboxylic acids is 2. The van der Waals surface area contributed by atoms with Gasteiger partial charge in [0.15, 0.2) is 0 Å². The van der Waals surface area contributed by atoms with Gasteiger partial charge in [-0.2, -0.15) is 0 Å². The SMILES string of the molecule is CC(C)(N)[C@H](NC(=O)c1ccc(C#CC#CC2CC2CO)cc1)C(=O)NO. The van der Waals surface area contributed by atoms with Crippen molar-refractivity contribution in [3.63, 3.8) is 0 Å². The number of hydrogen-bond acceptors (Lipinski definition) is 5. The summed E-state index contributed by atoms with van der Waals surface area (Å²) in [6.07, 6.45) is 0.921. The van der Waals surface area contributed by atoms with Gasteiger partial charge in [0.2, 0.25) is 0 Å². The Balaban J connectivity index is 2.00. The van der Waals surface area contributed by atoms with Crippen molar-refractivity contribution in [2.24, 2.45) is 17.6 Å². The first kappa shape index (κ1) is 20.5. The number of aliphatic hydroxyl groups excluding tert-OH is 1. The van der Waals surface area contributed by atoms with E-state index in [1.165, 1.54) is 5.48 Å². The number of carbonyl (C=O) groups is 2. The number of benzene rings is 1. The molecular weight excluding hydrogens is 346 g/mol. The first-order valence-corrected chi connectivity index (χ1v) is 8.52. The third kappa shape index (κ3) is 5.83. The van der Waals surface area contributed by atoms with Crippen molar-refractivity contribution in [2.45, 2.75) is 31.8 Å². The van der Waals surface area contributed by atoms with Gasteiger partial charge in [-0.15, -0.1) is 0 Å². The van der Waals surface area contributed by atoms with E-state index in [0.29, 0.717) is 11.1 Å². The second-order valence-electron chi connectivity index (χ2n) is 7.09. The molecule has 0 radical (unpaired) electrons. The zero-order chi connectivity index (χ0) is 20.0. The minimum atomic E-state index is -1.10. The number of hydrogen-bond donors (Lipinski definition) is 5. The Morgan fingerprint density at radius 2 is 1.96 bits per heavy atom. The van der Waals surface area contributed by atoms with Gasteiger partial charge in [0, 0.05) is 29.2 Å². The predicted octanol–water partition coefficient (Wildman–Crippen LogP) is 0.0110. The molecule has 1 aromatic rings. The summed E-state index contributed by atoms with van der Waals surface area (Å²) in [7, 11) is 0. The quantitative estimate of drug-likeness (QED) is 0.284.